The minimum atomic E-state index is -0.0432. The highest BCUT2D eigenvalue weighted by molar-refractivity contribution is 5.90. The topological polar surface area (TPSA) is 68.2 Å². The summed E-state index contributed by atoms with van der Waals surface area (Å²) in [5.74, 6) is 0.634. The van der Waals surface area contributed by atoms with Crippen molar-refractivity contribution in [2.24, 2.45) is 0 Å². The Hall–Kier alpha value is -1.89. The predicted molar refractivity (Wildman–Crippen MR) is 91.4 cm³/mol. The highest BCUT2D eigenvalue weighted by atomic mass is 35.5. The number of anilines is 1. The fourth-order valence-corrected chi connectivity index (χ4v) is 2.56. The number of halogens is 1. The van der Waals surface area contributed by atoms with E-state index in [1.54, 1.807) is 16.9 Å². The van der Waals surface area contributed by atoms with E-state index in [-0.39, 0.29) is 24.4 Å². The lowest BCUT2D eigenvalue weighted by Crippen LogP contribution is -2.43. The number of para-hydroxylation sites is 1. The summed E-state index contributed by atoms with van der Waals surface area (Å²) in [5.41, 5.74) is 2.06. The fraction of sp³-hybridized carbons (Fsp3) is 0.375. The van der Waals surface area contributed by atoms with Gasteiger partial charge in [-0.3, -0.25) is 4.79 Å². The van der Waals surface area contributed by atoms with E-state index in [0.29, 0.717) is 25.5 Å². The smallest absolute Gasteiger partial charge is 0.227 e. The Morgan fingerprint density at radius 3 is 3.00 bits per heavy atom. The number of carbonyl (C=O) groups excluding carboxylic acids is 1. The van der Waals surface area contributed by atoms with Gasteiger partial charge in [-0.1, -0.05) is 18.2 Å². The van der Waals surface area contributed by atoms with E-state index in [2.05, 4.69) is 15.7 Å². The zero-order valence-electron chi connectivity index (χ0n) is 13.0. The van der Waals surface area contributed by atoms with Crippen LogP contribution in [0.15, 0.2) is 36.5 Å². The molecule has 2 heterocycles. The van der Waals surface area contributed by atoms with Crippen molar-refractivity contribution in [2.75, 3.05) is 25.1 Å². The van der Waals surface area contributed by atoms with Crippen LogP contribution in [0.1, 0.15) is 12.0 Å². The van der Waals surface area contributed by atoms with Gasteiger partial charge in [0.2, 0.25) is 5.91 Å². The first-order valence-corrected chi connectivity index (χ1v) is 7.45. The van der Waals surface area contributed by atoms with Crippen LogP contribution in [0.3, 0.4) is 0 Å². The molecule has 1 saturated heterocycles. The molecule has 3 rings (SSSR count). The van der Waals surface area contributed by atoms with Gasteiger partial charge in [0.15, 0.2) is 0 Å². The molecular formula is C16H21ClN4O2. The summed E-state index contributed by atoms with van der Waals surface area (Å²) in [6, 6.07) is 9.81. The number of carbonyl (C=O) groups is 1. The molecule has 2 aromatic rings. The first kappa shape index (κ1) is 17.5. The molecule has 1 amide bonds. The Balaban J connectivity index is 0.00000192. The van der Waals surface area contributed by atoms with Gasteiger partial charge < -0.3 is 15.4 Å². The van der Waals surface area contributed by atoms with Crippen molar-refractivity contribution in [2.45, 2.75) is 19.4 Å². The standard InChI is InChI=1S/C16H20N4O2.ClH/c1-12-4-2-3-5-14(12)20-15(6-7-18-20)19-16(21)10-13-11-22-9-8-17-13;/h2-7,13,17H,8-11H2,1H3,(H,19,21);1H. The molecule has 1 fully saturated rings. The number of nitrogens with zero attached hydrogens (tertiary/aromatic N) is 2. The number of aryl methyl sites for hydroxylation is 1. The average Bonchev–Trinajstić information content (AvgIpc) is 2.96. The number of morpholine rings is 1. The molecule has 0 spiro atoms. The van der Waals surface area contributed by atoms with Crippen molar-refractivity contribution in [1.82, 2.24) is 15.1 Å². The maximum atomic E-state index is 12.2. The number of ether oxygens (including phenoxy) is 1. The van der Waals surface area contributed by atoms with Gasteiger partial charge in [-0.05, 0) is 18.6 Å². The maximum absolute atomic E-state index is 12.2. The first-order valence-electron chi connectivity index (χ1n) is 7.45. The Labute approximate surface area is 141 Å². The third kappa shape index (κ3) is 4.31. The molecule has 0 aliphatic carbocycles. The third-order valence-corrected chi connectivity index (χ3v) is 3.68. The Kier molecular flexibility index (Phi) is 6.15. The summed E-state index contributed by atoms with van der Waals surface area (Å²) >= 11 is 0. The summed E-state index contributed by atoms with van der Waals surface area (Å²) in [6.07, 6.45) is 2.07. The van der Waals surface area contributed by atoms with Crippen molar-refractivity contribution in [1.29, 1.82) is 0 Å². The highest BCUT2D eigenvalue weighted by Gasteiger charge is 2.18. The van der Waals surface area contributed by atoms with Crippen LogP contribution < -0.4 is 10.6 Å². The Morgan fingerprint density at radius 2 is 2.26 bits per heavy atom. The predicted octanol–water partition coefficient (Wildman–Crippen LogP) is 1.92. The second kappa shape index (κ2) is 8.10. The zero-order valence-corrected chi connectivity index (χ0v) is 13.8. The van der Waals surface area contributed by atoms with Crippen molar-refractivity contribution < 1.29 is 9.53 Å². The number of rotatable bonds is 4. The molecule has 6 nitrogen and oxygen atoms in total. The molecule has 23 heavy (non-hydrogen) atoms. The van der Waals surface area contributed by atoms with Crippen LogP contribution in [0, 0.1) is 6.92 Å². The van der Waals surface area contributed by atoms with Crippen LogP contribution in [-0.4, -0.2) is 41.5 Å². The van der Waals surface area contributed by atoms with Crippen molar-refractivity contribution in [3.05, 3.63) is 42.1 Å². The van der Waals surface area contributed by atoms with E-state index < -0.39 is 0 Å². The van der Waals surface area contributed by atoms with E-state index in [1.807, 2.05) is 31.2 Å². The molecule has 2 N–H and O–H groups in total. The minimum Gasteiger partial charge on any atom is -0.378 e. The second-order valence-electron chi connectivity index (χ2n) is 5.39. The van der Waals surface area contributed by atoms with Gasteiger partial charge in [0, 0.05) is 25.1 Å². The van der Waals surface area contributed by atoms with E-state index in [0.717, 1.165) is 17.8 Å². The van der Waals surface area contributed by atoms with Crippen LogP contribution in [0.4, 0.5) is 5.82 Å². The number of hydrogen-bond donors (Lipinski definition) is 2. The van der Waals surface area contributed by atoms with Crippen LogP contribution in [0.5, 0.6) is 0 Å². The van der Waals surface area contributed by atoms with Crippen LogP contribution in [0.25, 0.3) is 5.69 Å². The molecule has 1 aromatic carbocycles. The van der Waals surface area contributed by atoms with Gasteiger partial charge in [-0.25, -0.2) is 4.68 Å². The summed E-state index contributed by atoms with van der Waals surface area (Å²) in [6.45, 7) is 4.09. The van der Waals surface area contributed by atoms with Gasteiger partial charge in [-0.2, -0.15) is 5.10 Å². The third-order valence-electron chi connectivity index (χ3n) is 3.68. The molecule has 124 valence electrons. The lowest BCUT2D eigenvalue weighted by Gasteiger charge is -2.23. The number of benzene rings is 1. The van der Waals surface area contributed by atoms with Crippen LogP contribution in [-0.2, 0) is 9.53 Å². The summed E-state index contributed by atoms with van der Waals surface area (Å²) < 4.78 is 7.11. The first-order chi connectivity index (χ1) is 10.7. The average molecular weight is 337 g/mol. The Morgan fingerprint density at radius 1 is 1.43 bits per heavy atom. The molecule has 1 aliphatic rings. The highest BCUT2D eigenvalue weighted by Crippen LogP contribution is 2.18. The van der Waals surface area contributed by atoms with Crippen LogP contribution >= 0.6 is 12.4 Å². The number of nitrogens with one attached hydrogen (secondary N) is 2. The number of amides is 1. The monoisotopic (exact) mass is 336 g/mol. The van der Waals surface area contributed by atoms with Gasteiger partial charge in [0.1, 0.15) is 5.82 Å². The fourth-order valence-electron chi connectivity index (χ4n) is 2.56. The molecule has 1 atom stereocenters. The van der Waals surface area contributed by atoms with E-state index >= 15 is 0 Å². The molecule has 0 saturated carbocycles. The van der Waals surface area contributed by atoms with E-state index in [1.165, 1.54) is 0 Å². The summed E-state index contributed by atoms with van der Waals surface area (Å²) in [4.78, 5) is 12.2. The lowest BCUT2D eigenvalue weighted by atomic mass is 10.2. The molecule has 1 aromatic heterocycles. The van der Waals surface area contributed by atoms with Gasteiger partial charge in [0.25, 0.3) is 0 Å². The second-order valence-corrected chi connectivity index (χ2v) is 5.39. The largest absolute Gasteiger partial charge is 0.378 e. The normalized spacial score (nSPS) is 17.3. The number of aromatic nitrogens is 2. The Bertz CT molecular complexity index is 653. The van der Waals surface area contributed by atoms with Gasteiger partial charge in [-0.15, -0.1) is 12.4 Å². The maximum Gasteiger partial charge on any atom is 0.227 e. The van der Waals surface area contributed by atoms with Crippen molar-refractivity contribution in [3.63, 3.8) is 0 Å². The molecule has 0 radical (unpaired) electrons. The quantitative estimate of drug-likeness (QED) is 0.895. The van der Waals surface area contributed by atoms with E-state index in [4.69, 9.17) is 4.74 Å². The molecule has 1 unspecified atom stereocenters. The van der Waals surface area contributed by atoms with Gasteiger partial charge >= 0.3 is 0 Å². The van der Waals surface area contributed by atoms with Crippen molar-refractivity contribution >= 4 is 24.1 Å². The lowest BCUT2D eigenvalue weighted by molar-refractivity contribution is -0.117. The molecule has 1 aliphatic heterocycles. The molecule has 7 heteroatoms. The minimum absolute atomic E-state index is 0. The number of hydrogen-bond acceptors (Lipinski definition) is 4. The van der Waals surface area contributed by atoms with E-state index in [9.17, 15) is 4.79 Å². The SMILES string of the molecule is Cc1ccccc1-n1nccc1NC(=O)CC1COCCN1.Cl. The molecular weight excluding hydrogens is 316 g/mol. The van der Waals surface area contributed by atoms with Crippen molar-refractivity contribution in [3.8, 4) is 5.69 Å². The zero-order chi connectivity index (χ0) is 15.4. The van der Waals surface area contributed by atoms with Gasteiger partial charge in [0.05, 0.1) is 25.1 Å². The van der Waals surface area contributed by atoms with Crippen LogP contribution in [0.2, 0.25) is 0 Å². The summed E-state index contributed by atoms with van der Waals surface area (Å²) in [7, 11) is 0. The molecule has 0 bridgehead atoms. The summed E-state index contributed by atoms with van der Waals surface area (Å²) in [5, 5.41) is 10.5.